The van der Waals surface area contributed by atoms with Crippen molar-refractivity contribution in [3.63, 3.8) is 0 Å². The van der Waals surface area contributed by atoms with Crippen molar-refractivity contribution >= 4 is 27.7 Å². The molecule has 2 aromatic rings. The van der Waals surface area contributed by atoms with Crippen LogP contribution in [0.2, 0.25) is 0 Å². The normalized spacial score (nSPS) is 18.8. The molecule has 2 aliphatic heterocycles. The van der Waals surface area contributed by atoms with E-state index >= 15 is 0 Å². The minimum Gasteiger partial charge on any atom is -0.494 e. The summed E-state index contributed by atoms with van der Waals surface area (Å²) in [5, 5.41) is 0. The van der Waals surface area contributed by atoms with Gasteiger partial charge in [-0.05, 0) is 56.2 Å². The summed E-state index contributed by atoms with van der Waals surface area (Å²) in [5.41, 5.74) is 5.71. The number of likely N-dealkylation sites (tertiary alicyclic amines) is 1. The van der Waals surface area contributed by atoms with Crippen LogP contribution < -0.4 is 15.6 Å². The van der Waals surface area contributed by atoms with E-state index in [2.05, 4.69) is 15.2 Å². The lowest BCUT2D eigenvalue weighted by Crippen LogP contribution is -2.51. The van der Waals surface area contributed by atoms with Gasteiger partial charge in [0.1, 0.15) is 16.7 Å². The molecule has 0 radical (unpaired) electrons. The molecule has 2 heterocycles. The van der Waals surface area contributed by atoms with Gasteiger partial charge in [0.2, 0.25) is 0 Å². The summed E-state index contributed by atoms with van der Waals surface area (Å²) >= 11 is 0. The van der Waals surface area contributed by atoms with Crippen LogP contribution >= 0.6 is 0 Å². The standard InChI is InChI=1S/C21H22N4O5S/c1-2-30-15-11-9-14(10-12-15)20(26)22-23-21(27)17-7-5-13-25(17)19-16-6-3-4-8-18(16)31(28,29)24-19/h3-4,6,8-12,17H,2,5,7,13H2,1H3,(H,22,26)(H,23,27)/t17-/m0/s1. The van der Waals surface area contributed by atoms with Crippen molar-refractivity contribution in [2.24, 2.45) is 4.40 Å². The number of hydrazine groups is 1. The summed E-state index contributed by atoms with van der Waals surface area (Å²) in [6.07, 6.45) is 1.22. The van der Waals surface area contributed by atoms with E-state index in [1.165, 1.54) is 6.07 Å². The zero-order valence-corrected chi connectivity index (χ0v) is 17.7. The van der Waals surface area contributed by atoms with E-state index in [1.54, 1.807) is 47.4 Å². The van der Waals surface area contributed by atoms with Crippen molar-refractivity contribution in [3.05, 3.63) is 59.7 Å². The monoisotopic (exact) mass is 442 g/mol. The maximum atomic E-state index is 12.8. The fraction of sp³-hybridized carbons (Fsp3) is 0.286. The number of ether oxygens (including phenoxy) is 1. The Bertz CT molecular complexity index is 1140. The summed E-state index contributed by atoms with van der Waals surface area (Å²) in [6, 6.07) is 12.5. The van der Waals surface area contributed by atoms with Crippen LogP contribution in [0.5, 0.6) is 5.75 Å². The van der Waals surface area contributed by atoms with E-state index in [9.17, 15) is 18.0 Å². The molecule has 2 aliphatic rings. The second-order valence-corrected chi connectivity index (χ2v) is 8.71. The molecule has 0 aromatic heterocycles. The Morgan fingerprint density at radius 3 is 2.61 bits per heavy atom. The first-order valence-corrected chi connectivity index (χ1v) is 11.4. The number of sulfonamides is 1. The van der Waals surface area contributed by atoms with Crippen LogP contribution in [0, 0.1) is 0 Å². The lowest BCUT2D eigenvalue weighted by molar-refractivity contribution is -0.125. The van der Waals surface area contributed by atoms with Crippen LogP contribution in [0.3, 0.4) is 0 Å². The van der Waals surface area contributed by atoms with Crippen molar-refractivity contribution in [1.82, 2.24) is 15.8 Å². The third-order valence-electron chi connectivity index (χ3n) is 5.17. The highest BCUT2D eigenvalue weighted by Gasteiger charge is 2.39. The topological polar surface area (TPSA) is 117 Å². The highest BCUT2D eigenvalue weighted by atomic mass is 32.2. The summed E-state index contributed by atoms with van der Waals surface area (Å²) in [6.45, 7) is 2.89. The Labute approximate surface area is 180 Å². The average molecular weight is 442 g/mol. The van der Waals surface area contributed by atoms with Gasteiger partial charge in [0, 0.05) is 17.7 Å². The van der Waals surface area contributed by atoms with Crippen molar-refractivity contribution in [3.8, 4) is 5.75 Å². The zero-order valence-electron chi connectivity index (χ0n) is 16.9. The van der Waals surface area contributed by atoms with Crippen LogP contribution in [-0.4, -0.2) is 50.2 Å². The third-order valence-corrected chi connectivity index (χ3v) is 6.49. The molecular formula is C21H22N4O5S. The predicted molar refractivity (Wildman–Crippen MR) is 113 cm³/mol. The van der Waals surface area contributed by atoms with Crippen molar-refractivity contribution in [2.75, 3.05) is 13.2 Å². The lowest BCUT2D eigenvalue weighted by atomic mass is 10.1. The molecule has 4 rings (SSSR count). The van der Waals surface area contributed by atoms with E-state index in [0.29, 0.717) is 42.9 Å². The first-order valence-electron chi connectivity index (χ1n) is 9.95. The summed E-state index contributed by atoms with van der Waals surface area (Å²) in [5.74, 6) is 0.0247. The smallest absolute Gasteiger partial charge is 0.285 e. The van der Waals surface area contributed by atoms with Gasteiger partial charge in [-0.15, -0.1) is 4.40 Å². The number of benzene rings is 2. The minimum atomic E-state index is -3.78. The fourth-order valence-electron chi connectivity index (χ4n) is 3.73. The zero-order chi connectivity index (χ0) is 22.0. The number of amidine groups is 1. The molecule has 2 amide bonds. The number of fused-ring (bicyclic) bond motifs is 1. The van der Waals surface area contributed by atoms with E-state index < -0.39 is 27.9 Å². The van der Waals surface area contributed by atoms with Gasteiger partial charge in [-0.25, -0.2) is 0 Å². The molecule has 1 atom stereocenters. The molecule has 31 heavy (non-hydrogen) atoms. The molecule has 1 fully saturated rings. The first-order chi connectivity index (χ1) is 14.9. The molecule has 0 bridgehead atoms. The van der Waals surface area contributed by atoms with Crippen LogP contribution in [0.25, 0.3) is 0 Å². The Morgan fingerprint density at radius 2 is 1.87 bits per heavy atom. The van der Waals surface area contributed by atoms with Crippen molar-refractivity contribution in [1.29, 1.82) is 0 Å². The maximum absolute atomic E-state index is 12.8. The predicted octanol–water partition coefficient (Wildman–Crippen LogP) is 1.46. The second-order valence-electron chi connectivity index (χ2n) is 7.14. The fourth-order valence-corrected chi connectivity index (χ4v) is 4.95. The van der Waals surface area contributed by atoms with Crippen molar-refractivity contribution in [2.45, 2.75) is 30.7 Å². The van der Waals surface area contributed by atoms with Crippen molar-refractivity contribution < 1.29 is 22.7 Å². The van der Waals surface area contributed by atoms with Crippen LogP contribution in [-0.2, 0) is 14.8 Å². The number of nitrogens with zero attached hydrogens (tertiary/aromatic N) is 2. The number of hydrogen-bond acceptors (Lipinski definition) is 6. The average Bonchev–Trinajstić information content (AvgIpc) is 3.35. The number of carbonyl (C=O) groups excluding carboxylic acids is 2. The number of carbonyl (C=O) groups is 2. The maximum Gasteiger partial charge on any atom is 0.285 e. The molecule has 0 aliphatic carbocycles. The van der Waals surface area contributed by atoms with E-state index in [4.69, 9.17) is 4.74 Å². The van der Waals surface area contributed by atoms with Crippen LogP contribution in [0.4, 0.5) is 0 Å². The van der Waals surface area contributed by atoms with Gasteiger partial charge in [0.05, 0.1) is 6.61 Å². The molecule has 162 valence electrons. The van der Waals surface area contributed by atoms with E-state index in [1.807, 2.05) is 6.92 Å². The Morgan fingerprint density at radius 1 is 1.13 bits per heavy atom. The Kier molecular flexibility index (Phi) is 5.64. The van der Waals surface area contributed by atoms with Gasteiger partial charge in [0.15, 0.2) is 5.84 Å². The molecule has 0 spiro atoms. The van der Waals surface area contributed by atoms with Gasteiger partial charge in [-0.3, -0.25) is 20.4 Å². The molecule has 2 aromatic carbocycles. The van der Waals surface area contributed by atoms with Gasteiger partial charge < -0.3 is 9.64 Å². The van der Waals surface area contributed by atoms with Gasteiger partial charge in [0.25, 0.3) is 21.8 Å². The minimum absolute atomic E-state index is 0.139. The summed E-state index contributed by atoms with van der Waals surface area (Å²) in [4.78, 5) is 26.9. The van der Waals surface area contributed by atoms with Gasteiger partial charge >= 0.3 is 0 Å². The molecule has 0 saturated carbocycles. The molecular weight excluding hydrogens is 420 g/mol. The highest BCUT2D eigenvalue weighted by molar-refractivity contribution is 7.90. The van der Waals surface area contributed by atoms with Crippen LogP contribution in [0.15, 0.2) is 57.8 Å². The lowest BCUT2D eigenvalue weighted by Gasteiger charge is -2.25. The Balaban J connectivity index is 1.44. The number of nitrogens with one attached hydrogen (secondary N) is 2. The molecule has 2 N–H and O–H groups in total. The highest BCUT2D eigenvalue weighted by Crippen LogP contribution is 2.31. The molecule has 1 saturated heterocycles. The number of rotatable bonds is 4. The largest absolute Gasteiger partial charge is 0.494 e. The van der Waals surface area contributed by atoms with Crippen LogP contribution in [0.1, 0.15) is 35.7 Å². The number of hydrogen-bond donors (Lipinski definition) is 2. The number of amides is 2. The second kappa shape index (κ2) is 8.38. The third kappa shape index (κ3) is 4.11. The quantitative estimate of drug-likeness (QED) is 0.693. The summed E-state index contributed by atoms with van der Waals surface area (Å²) < 4.78 is 34.0. The van der Waals surface area contributed by atoms with E-state index in [0.717, 1.165) is 0 Å². The summed E-state index contributed by atoms with van der Waals surface area (Å²) in [7, 11) is -3.78. The van der Waals surface area contributed by atoms with Gasteiger partial charge in [-0.2, -0.15) is 8.42 Å². The Hall–Kier alpha value is -3.40. The SMILES string of the molecule is CCOc1ccc(C(=O)NNC(=O)[C@@H]2CCCN2C2=NS(=O)(=O)c3ccccc32)cc1. The molecule has 9 nitrogen and oxygen atoms in total. The van der Waals surface area contributed by atoms with E-state index in [-0.39, 0.29) is 10.7 Å². The molecule has 10 heteroatoms. The molecule has 0 unspecified atom stereocenters. The first kappa shape index (κ1) is 20.9. The van der Waals surface area contributed by atoms with Gasteiger partial charge in [-0.1, -0.05) is 12.1 Å².